The molecule has 1 aliphatic carbocycles. The third kappa shape index (κ3) is 3.43. The van der Waals surface area contributed by atoms with Gasteiger partial charge in [-0.2, -0.15) is 9.97 Å². The number of hydrogen-bond donors (Lipinski definition) is 3. The molecule has 0 radical (unpaired) electrons. The second kappa shape index (κ2) is 6.17. The van der Waals surface area contributed by atoms with Gasteiger partial charge in [-0.1, -0.05) is 0 Å². The zero-order chi connectivity index (χ0) is 18.3. The molecule has 0 amide bonds. The van der Waals surface area contributed by atoms with Crippen molar-refractivity contribution in [2.24, 2.45) is 0 Å². The van der Waals surface area contributed by atoms with Crippen molar-refractivity contribution < 1.29 is 8.42 Å². The van der Waals surface area contributed by atoms with Crippen LogP contribution in [0.1, 0.15) is 12.8 Å². The Hall–Kier alpha value is -2.81. The molecule has 0 unspecified atom stereocenters. The van der Waals surface area contributed by atoms with E-state index in [1.54, 1.807) is 24.3 Å². The highest BCUT2D eigenvalue weighted by Crippen LogP contribution is 2.29. The summed E-state index contributed by atoms with van der Waals surface area (Å²) in [6.45, 7) is 0. The molecule has 1 fully saturated rings. The number of fused-ring (bicyclic) bond motifs is 1. The summed E-state index contributed by atoms with van der Waals surface area (Å²) in [6, 6.07) is 9.52. The largest absolute Gasteiger partial charge is 0.367 e. The average Bonchev–Trinajstić information content (AvgIpc) is 3.28. The number of rotatable bonds is 6. The maximum Gasteiger partial charge on any atom is 0.231 e. The van der Waals surface area contributed by atoms with E-state index < -0.39 is 10.0 Å². The Bertz CT molecular complexity index is 1040. The number of aromatic amines is 1. The Morgan fingerprint density at radius 1 is 1.15 bits per heavy atom. The van der Waals surface area contributed by atoms with Gasteiger partial charge in [0.05, 0.1) is 17.3 Å². The van der Waals surface area contributed by atoms with Crippen LogP contribution >= 0.6 is 0 Å². The zero-order valence-electron chi connectivity index (χ0n) is 14.5. The summed E-state index contributed by atoms with van der Waals surface area (Å²) in [5.74, 6) is 1.29. The molecule has 0 saturated heterocycles. The Balaban J connectivity index is 1.58. The van der Waals surface area contributed by atoms with Crippen molar-refractivity contribution in [3.05, 3.63) is 36.5 Å². The Morgan fingerprint density at radius 2 is 1.88 bits per heavy atom. The smallest absolute Gasteiger partial charge is 0.231 e. The van der Waals surface area contributed by atoms with Gasteiger partial charge in [0, 0.05) is 25.0 Å². The van der Waals surface area contributed by atoms with Crippen molar-refractivity contribution in [3.63, 3.8) is 0 Å². The first-order chi connectivity index (χ1) is 12.4. The maximum absolute atomic E-state index is 11.6. The highest BCUT2D eigenvalue weighted by molar-refractivity contribution is 7.92. The van der Waals surface area contributed by atoms with Crippen LogP contribution in [-0.2, 0) is 10.0 Å². The fraction of sp³-hybridized carbons (Fsp3) is 0.294. The zero-order valence-corrected chi connectivity index (χ0v) is 15.3. The quantitative estimate of drug-likeness (QED) is 0.615. The predicted octanol–water partition coefficient (Wildman–Crippen LogP) is 2.67. The molecule has 0 atom stereocenters. The van der Waals surface area contributed by atoms with Crippen molar-refractivity contribution in [3.8, 4) is 0 Å². The van der Waals surface area contributed by atoms with E-state index in [2.05, 4.69) is 25.6 Å². The van der Waals surface area contributed by atoms with E-state index >= 15 is 0 Å². The van der Waals surface area contributed by atoms with Gasteiger partial charge >= 0.3 is 0 Å². The monoisotopic (exact) mass is 372 g/mol. The van der Waals surface area contributed by atoms with Crippen molar-refractivity contribution in [2.45, 2.75) is 18.9 Å². The van der Waals surface area contributed by atoms with Gasteiger partial charge in [0.1, 0.15) is 11.5 Å². The number of anilines is 4. The summed E-state index contributed by atoms with van der Waals surface area (Å²) in [4.78, 5) is 12.2. The number of hydrogen-bond acceptors (Lipinski definition) is 6. The van der Waals surface area contributed by atoms with Gasteiger partial charge in [-0.15, -0.1) is 0 Å². The van der Waals surface area contributed by atoms with Gasteiger partial charge in [0.25, 0.3) is 0 Å². The fourth-order valence-electron chi connectivity index (χ4n) is 2.60. The lowest BCUT2D eigenvalue weighted by Crippen LogP contribution is -2.24. The van der Waals surface area contributed by atoms with Gasteiger partial charge in [0.2, 0.25) is 16.0 Å². The second-order valence-electron chi connectivity index (χ2n) is 6.46. The van der Waals surface area contributed by atoms with Crippen LogP contribution in [-0.4, -0.2) is 42.7 Å². The molecule has 3 aromatic rings. The van der Waals surface area contributed by atoms with Crippen LogP contribution in [0.25, 0.3) is 11.0 Å². The normalized spacial score (nSPS) is 14.4. The van der Waals surface area contributed by atoms with E-state index in [-0.39, 0.29) is 0 Å². The topological polar surface area (TPSA) is 103 Å². The van der Waals surface area contributed by atoms with Crippen molar-refractivity contribution in [1.29, 1.82) is 0 Å². The number of nitrogens with one attached hydrogen (secondary N) is 3. The molecule has 2 heterocycles. The van der Waals surface area contributed by atoms with Crippen LogP contribution in [0, 0.1) is 0 Å². The molecule has 1 aliphatic rings. The summed E-state index contributed by atoms with van der Waals surface area (Å²) in [5.41, 5.74) is 2.13. The van der Waals surface area contributed by atoms with E-state index in [0.29, 0.717) is 17.7 Å². The van der Waals surface area contributed by atoms with Crippen LogP contribution in [0.2, 0.25) is 0 Å². The average molecular weight is 372 g/mol. The number of aromatic nitrogens is 3. The van der Waals surface area contributed by atoms with Crippen molar-refractivity contribution in [1.82, 2.24) is 15.0 Å². The molecule has 3 N–H and O–H groups in total. The minimum Gasteiger partial charge on any atom is -0.367 e. The van der Waals surface area contributed by atoms with Gasteiger partial charge in [-0.25, -0.2) is 8.42 Å². The first-order valence-corrected chi connectivity index (χ1v) is 10.2. The Morgan fingerprint density at radius 3 is 2.54 bits per heavy atom. The minimum absolute atomic E-state index is 0.479. The molecule has 9 heteroatoms. The standard InChI is InChI=1S/C17H20N6O2S/c1-23(26(2,24)25)13-7-5-12(6-8-13)20-17-21-15-14(9-10-18-15)16(22-17)19-11-3-4-11/h5-11H,3-4H2,1-2H3,(H3,18,19,20,21,22). The minimum atomic E-state index is -3.28. The summed E-state index contributed by atoms with van der Waals surface area (Å²) >= 11 is 0. The Kier molecular flexibility index (Phi) is 3.95. The van der Waals surface area contributed by atoms with Crippen LogP contribution in [0.5, 0.6) is 0 Å². The van der Waals surface area contributed by atoms with E-state index in [1.807, 2.05) is 12.3 Å². The summed E-state index contributed by atoms with van der Waals surface area (Å²) < 4.78 is 24.5. The number of benzene rings is 1. The van der Waals surface area contributed by atoms with Crippen LogP contribution in [0.3, 0.4) is 0 Å². The van der Waals surface area contributed by atoms with Gasteiger partial charge in [-0.3, -0.25) is 4.31 Å². The van der Waals surface area contributed by atoms with Crippen LogP contribution < -0.4 is 14.9 Å². The van der Waals surface area contributed by atoms with Crippen LogP contribution in [0.4, 0.5) is 23.1 Å². The molecule has 1 saturated carbocycles. The second-order valence-corrected chi connectivity index (χ2v) is 8.47. The molecule has 26 heavy (non-hydrogen) atoms. The lowest BCUT2D eigenvalue weighted by atomic mass is 10.3. The third-order valence-corrected chi connectivity index (χ3v) is 5.52. The van der Waals surface area contributed by atoms with Crippen LogP contribution in [0.15, 0.2) is 36.5 Å². The lowest BCUT2D eigenvalue weighted by molar-refractivity contribution is 0.600. The highest BCUT2D eigenvalue weighted by atomic mass is 32.2. The van der Waals surface area contributed by atoms with E-state index in [1.165, 1.54) is 17.6 Å². The summed E-state index contributed by atoms with van der Waals surface area (Å²) in [6.07, 6.45) is 5.34. The van der Waals surface area contributed by atoms with Gasteiger partial charge < -0.3 is 15.6 Å². The summed E-state index contributed by atoms with van der Waals surface area (Å²) in [7, 11) is -1.76. The molecule has 0 bridgehead atoms. The molecule has 0 spiro atoms. The molecular formula is C17H20N6O2S. The SMILES string of the molecule is CN(c1ccc(Nc2nc(NC3CC3)c3cc[nH]c3n2)cc1)S(C)(=O)=O. The number of nitrogens with zero attached hydrogens (tertiary/aromatic N) is 3. The first kappa shape index (κ1) is 16.6. The molecule has 1 aromatic carbocycles. The van der Waals surface area contributed by atoms with Gasteiger partial charge in [0.15, 0.2) is 0 Å². The summed E-state index contributed by atoms with van der Waals surface area (Å²) in [5, 5.41) is 7.57. The predicted molar refractivity (Wildman–Crippen MR) is 104 cm³/mol. The van der Waals surface area contributed by atoms with Gasteiger partial charge in [-0.05, 0) is 43.2 Å². The molecular weight excluding hydrogens is 352 g/mol. The molecule has 136 valence electrons. The number of sulfonamides is 1. The van der Waals surface area contributed by atoms with E-state index in [9.17, 15) is 8.42 Å². The highest BCUT2D eigenvalue weighted by Gasteiger charge is 2.23. The molecule has 0 aliphatic heterocycles. The van der Waals surface area contributed by atoms with Crippen molar-refractivity contribution >= 4 is 44.2 Å². The first-order valence-electron chi connectivity index (χ1n) is 8.33. The number of H-pyrrole nitrogens is 1. The van der Waals surface area contributed by atoms with Crippen molar-refractivity contribution in [2.75, 3.05) is 28.2 Å². The fourth-order valence-corrected chi connectivity index (χ4v) is 3.11. The van der Waals surface area contributed by atoms with E-state index in [4.69, 9.17) is 0 Å². The molecule has 8 nitrogen and oxygen atoms in total. The third-order valence-electron chi connectivity index (χ3n) is 4.32. The maximum atomic E-state index is 11.6. The molecule has 2 aromatic heterocycles. The van der Waals surface area contributed by atoms with E-state index in [0.717, 1.165) is 35.4 Å². The Labute approximate surface area is 151 Å². The molecule has 4 rings (SSSR count). The lowest BCUT2D eigenvalue weighted by Gasteiger charge is -2.17.